The number of fused-ring (bicyclic) bond motifs is 1. The highest BCUT2D eigenvalue weighted by atomic mass is 16.5. The fourth-order valence-electron chi connectivity index (χ4n) is 4.17. The first-order valence-electron chi connectivity index (χ1n) is 11.8. The molecule has 1 saturated heterocycles. The molecule has 0 saturated carbocycles. The summed E-state index contributed by atoms with van der Waals surface area (Å²) in [5, 5.41) is 16.9. The molecule has 1 fully saturated rings. The first-order valence-corrected chi connectivity index (χ1v) is 11.8. The highest BCUT2D eigenvalue weighted by Crippen LogP contribution is 2.33. The third-order valence-corrected chi connectivity index (χ3v) is 5.84. The van der Waals surface area contributed by atoms with Gasteiger partial charge in [0, 0.05) is 36.6 Å². The maximum Gasteiger partial charge on any atom is 0.249 e. The van der Waals surface area contributed by atoms with Crippen molar-refractivity contribution in [2.45, 2.75) is 58.2 Å². The minimum Gasteiger partial charge on any atom is -0.388 e. The van der Waals surface area contributed by atoms with E-state index in [1.165, 1.54) is 0 Å². The second-order valence-corrected chi connectivity index (χ2v) is 9.12. The molecule has 0 aromatic carbocycles. The minimum atomic E-state index is -0.907. The van der Waals surface area contributed by atoms with Gasteiger partial charge in [-0.2, -0.15) is 0 Å². The van der Waals surface area contributed by atoms with Crippen LogP contribution < -0.4 is 10.6 Å². The molecule has 5 rings (SSSR count). The normalized spacial score (nSPS) is 19.6. The Morgan fingerprint density at radius 3 is 2.86 bits per heavy atom. The van der Waals surface area contributed by atoms with Crippen molar-refractivity contribution in [1.82, 2.24) is 34.8 Å². The number of aliphatic hydroxyl groups excluding tert-OH is 1. The summed E-state index contributed by atoms with van der Waals surface area (Å²) in [5.74, 6) is 0.704. The molecule has 4 aromatic heterocycles. The van der Waals surface area contributed by atoms with Crippen molar-refractivity contribution in [3.63, 3.8) is 0 Å². The molecule has 5 heterocycles. The standard InChI is InChI=1S/C25H28N8O3/c1-14(2)30-24(35)19-10-18(34)25(36-19)33-13-29-20-22(28-12-17-9-15(3)6-8-27-17)31-21(32-23(20)33)16-5-4-7-26-11-16/h4-9,11,13-14,18-19,25,34H,10,12H2,1-3H3,(H,30,35)(H,28,31,32)/t18-,19+,25-/m1/s1. The summed E-state index contributed by atoms with van der Waals surface area (Å²) in [4.78, 5) is 35.1. The Hall–Kier alpha value is -3.96. The van der Waals surface area contributed by atoms with Gasteiger partial charge in [-0.25, -0.2) is 15.0 Å². The smallest absolute Gasteiger partial charge is 0.249 e. The van der Waals surface area contributed by atoms with Gasteiger partial charge in [0.25, 0.3) is 0 Å². The number of pyridine rings is 2. The predicted molar refractivity (Wildman–Crippen MR) is 133 cm³/mol. The monoisotopic (exact) mass is 488 g/mol. The number of anilines is 1. The molecule has 3 atom stereocenters. The van der Waals surface area contributed by atoms with E-state index in [1.807, 2.05) is 45.0 Å². The zero-order valence-electron chi connectivity index (χ0n) is 20.3. The summed E-state index contributed by atoms with van der Waals surface area (Å²) in [6.07, 6.45) is 4.36. The van der Waals surface area contributed by atoms with Crippen LogP contribution in [0.15, 0.2) is 49.2 Å². The van der Waals surface area contributed by atoms with Crippen LogP contribution in [0.5, 0.6) is 0 Å². The van der Waals surface area contributed by atoms with Gasteiger partial charge in [0.1, 0.15) is 12.2 Å². The molecule has 0 radical (unpaired) electrons. The zero-order chi connectivity index (χ0) is 25.2. The fourth-order valence-corrected chi connectivity index (χ4v) is 4.17. The van der Waals surface area contributed by atoms with Crippen molar-refractivity contribution in [1.29, 1.82) is 0 Å². The molecule has 11 heteroatoms. The molecule has 1 aliphatic heterocycles. The number of carbonyl (C=O) groups is 1. The van der Waals surface area contributed by atoms with E-state index in [2.05, 4.69) is 25.6 Å². The van der Waals surface area contributed by atoms with Gasteiger partial charge in [-0.05, 0) is 50.6 Å². The van der Waals surface area contributed by atoms with Gasteiger partial charge in [-0.15, -0.1) is 0 Å². The van der Waals surface area contributed by atoms with Crippen molar-refractivity contribution < 1.29 is 14.6 Å². The van der Waals surface area contributed by atoms with Crippen molar-refractivity contribution in [2.75, 3.05) is 5.32 Å². The van der Waals surface area contributed by atoms with Gasteiger partial charge in [-0.3, -0.25) is 19.3 Å². The highest BCUT2D eigenvalue weighted by molar-refractivity contribution is 5.85. The third-order valence-electron chi connectivity index (χ3n) is 5.84. The highest BCUT2D eigenvalue weighted by Gasteiger charge is 2.40. The van der Waals surface area contributed by atoms with Crippen molar-refractivity contribution in [3.8, 4) is 11.4 Å². The van der Waals surface area contributed by atoms with Crippen LogP contribution in [0.25, 0.3) is 22.6 Å². The average molecular weight is 489 g/mol. The summed E-state index contributed by atoms with van der Waals surface area (Å²) in [6, 6.07) is 7.59. The van der Waals surface area contributed by atoms with Crippen LogP contribution in [-0.4, -0.2) is 58.8 Å². The number of nitrogens with zero attached hydrogens (tertiary/aromatic N) is 6. The second-order valence-electron chi connectivity index (χ2n) is 9.12. The van der Waals surface area contributed by atoms with Crippen LogP contribution in [-0.2, 0) is 16.1 Å². The van der Waals surface area contributed by atoms with Crippen LogP contribution in [0, 0.1) is 6.92 Å². The third kappa shape index (κ3) is 4.88. The molecule has 4 aromatic rings. The largest absolute Gasteiger partial charge is 0.388 e. The number of aryl methyl sites for hydroxylation is 1. The summed E-state index contributed by atoms with van der Waals surface area (Å²) in [5.41, 5.74) is 3.68. The molecule has 36 heavy (non-hydrogen) atoms. The topological polar surface area (TPSA) is 140 Å². The SMILES string of the molecule is Cc1ccnc(CNc2nc(-c3cccnc3)nc3c2ncn3[C@@H]2O[C@H](C(=O)NC(C)C)C[C@H]2O)c1. The Balaban J connectivity index is 1.51. The van der Waals surface area contributed by atoms with Gasteiger partial charge in [0.2, 0.25) is 5.91 Å². The number of ether oxygens (including phenoxy) is 1. The van der Waals surface area contributed by atoms with Gasteiger partial charge in [0.05, 0.1) is 18.6 Å². The predicted octanol–water partition coefficient (Wildman–Crippen LogP) is 2.38. The van der Waals surface area contributed by atoms with Crippen molar-refractivity contribution in [2.24, 2.45) is 0 Å². The quantitative estimate of drug-likeness (QED) is 0.358. The van der Waals surface area contributed by atoms with E-state index in [-0.39, 0.29) is 18.4 Å². The molecule has 11 nitrogen and oxygen atoms in total. The molecule has 0 aliphatic carbocycles. The average Bonchev–Trinajstić information content (AvgIpc) is 3.46. The van der Waals surface area contributed by atoms with Crippen LogP contribution in [0.4, 0.5) is 5.82 Å². The van der Waals surface area contributed by atoms with E-state index in [0.717, 1.165) is 16.8 Å². The van der Waals surface area contributed by atoms with Crippen molar-refractivity contribution in [3.05, 3.63) is 60.4 Å². The number of amides is 1. The van der Waals surface area contributed by atoms with Gasteiger partial charge in [0.15, 0.2) is 29.0 Å². The van der Waals surface area contributed by atoms with E-state index in [0.29, 0.717) is 29.4 Å². The maximum absolute atomic E-state index is 12.5. The van der Waals surface area contributed by atoms with E-state index in [1.54, 1.807) is 29.5 Å². The van der Waals surface area contributed by atoms with Crippen molar-refractivity contribution >= 4 is 22.9 Å². The number of nitrogens with one attached hydrogen (secondary N) is 2. The van der Waals surface area contributed by atoms with E-state index < -0.39 is 18.4 Å². The molecule has 1 aliphatic rings. The van der Waals surface area contributed by atoms with E-state index in [4.69, 9.17) is 14.7 Å². The maximum atomic E-state index is 12.5. The number of hydrogen-bond acceptors (Lipinski definition) is 9. The van der Waals surface area contributed by atoms with Gasteiger partial charge < -0.3 is 20.5 Å². The summed E-state index contributed by atoms with van der Waals surface area (Å²) >= 11 is 0. The lowest BCUT2D eigenvalue weighted by Crippen LogP contribution is -2.38. The van der Waals surface area contributed by atoms with Crippen LogP contribution in [0.3, 0.4) is 0 Å². The van der Waals surface area contributed by atoms with Gasteiger partial charge in [-0.1, -0.05) is 0 Å². The molecule has 0 bridgehead atoms. The van der Waals surface area contributed by atoms with Crippen LogP contribution in [0.1, 0.15) is 37.8 Å². The zero-order valence-corrected chi connectivity index (χ0v) is 20.3. The number of rotatable bonds is 7. The fraction of sp³-hybridized carbons (Fsp3) is 0.360. The lowest BCUT2D eigenvalue weighted by molar-refractivity contribution is -0.135. The lowest BCUT2D eigenvalue weighted by Gasteiger charge is -2.18. The number of aromatic nitrogens is 6. The molecular weight excluding hydrogens is 460 g/mol. The minimum absolute atomic E-state index is 0.0299. The summed E-state index contributed by atoms with van der Waals surface area (Å²) in [6.45, 7) is 6.20. The Labute approximate surface area is 208 Å². The number of imidazole rings is 1. The molecule has 0 unspecified atom stereocenters. The summed E-state index contributed by atoms with van der Waals surface area (Å²) < 4.78 is 7.63. The van der Waals surface area contributed by atoms with Crippen LogP contribution >= 0.6 is 0 Å². The first-order chi connectivity index (χ1) is 17.4. The number of hydrogen-bond donors (Lipinski definition) is 3. The number of aliphatic hydroxyl groups is 1. The lowest BCUT2D eigenvalue weighted by atomic mass is 10.2. The first kappa shape index (κ1) is 23.8. The summed E-state index contributed by atoms with van der Waals surface area (Å²) in [7, 11) is 0. The molecule has 0 spiro atoms. The number of carbonyl (C=O) groups excluding carboxylic acids is 1. The van der Waals surface area contributed by atoms with E-state index >= 15 is 0 Å². The molecule has 1 amide bonds. The van der Waals surface area contributed by atoms with Gasteiger partial charge >= 0.3 is 0 Å². The van der Waals surface area contributed by atoms with Crippen LogP contribution in [0.2, 0.25) is 0 Å². The molecular formula is C25H28N8O3. The molecule has 186 valence electrons. The Morgan fingerprint density at radius 1 is 1.25 bits per heavy atom. The molecule has 3 N–H and O–H groups in total. The van der Waals surface area contributed by atoms with E-state index in [9.17, 15) is 9.90 Å². The Bertz CT molecular complexity index is 1370. The Kier molecular flexibility index (Phi) is 6.57. The Morgan fingerprint density at radius 2 is 2.11 bits per heavy atom. The second kappa shape index (κ2) is 9.96.